The molecule has 1 aliphatic carbocycles. The number of aliphatic hydroxyl groups excluding tert-OH is 1. The van der Waals surface area contributed by atoms with Crippen LogP contribution in [0.3, 0.4) is 0 Å². The molecule has 7 nitrogen and oxygen atoms in total. The first-order valence-corrected chi connectivity index (χ1v) is 3.77. The molecule has 7 heteroatoms. The summed E-state index contributed by atoms with van der Waals surface area (Å²) in [7, 11) is 0. The van der Waals surface area contributed by atoms with E-state index in [4.69, 9.17) is 5.11 Å². The fourth-order valence-electron chi connectivity index (χ4n) is 1.21. The van der Waals surface area contributed by atoms with Gasteiger partial charge in [0.15, 0.2) is 0 Å². The van der Waals surface area contributed by atoms with Crippen molar-refractivity contribution in [1.29, 1.82) is 0 Å². The maximum atomic E-state index is 10.6. The van der Waals surface area contributed by atoms with E-state index in [-0.39, 0.29) is 11.3 Å². The van der Waals surface area contributed by atoms with Gasteiger partial charge in [-0.05, 0) is 18.6 Å². The van der Waals surface area contributed by atoms with Crippen molar-refractivity contribution in [2.45, 2.75) is 19.0 Å². The van der Waals surface area contributed by atoms with Crippen molar-refractivity contribution in [2.75, 3.05) is 0 Å². The van der Waals surface area contributed by atoms with Crippen molar-refractivity contribution in [2.24, 2.45) is 0 Å². The quantitative estimate of drug-likeness (QED) is 0.407. The highest BCUT2D eigenvalue weighted by Gasteiger charge is 2.55. The molecule has 0 aromatic rings. The lowest BCUT2D eigenvalue weighted by Crippen LogP contribution is -2.45. The van der Waals surface area contributed by atoms with Gasteiger partial charge in [0.2, 0.25) is 0 Å². The van der Waals surface area contributed by atoms with E-state index in [1.54, 1.807) is 0 Å². The highest BCUT2D eigenvalue weighted by atomic mass is 16.7. The third kappa shape index (κ3) is 1.32. The van der Waals surface area contributed by atoms with Crippen LogP contribution < -0.4 is 0 Å². The number of hydrogen-bond donors (Lipinski definition) is 1. The summed E-state index contributed by atoms with van der Waals surface area (Å²) in [6, 6.07) is 0. The van der Waals surface area contributed by atoms with Gasteiger partial charge in [0, 0.05) is 0 Å². The summed E-state index contributed by atoms with van der Waals surface area (Å²) in [5.74, 6) is -0.149. The van der Waals surface area contributed by atoms with Gasteiger partial charge in [-0.1, -0.05) is 0 Å². The van der Waals surface area contributed by atoms with Gasteiger partial charge < -0.3 is 5.11 Å². The Morgan fingerprint density at radius 3 is 2.29 bits per heavy atom. The Morgan fingerprint density at radius 2 is 1.93 bits per heavy atom. The van der Waals surface area contributed by atoms with Crippen LogP contribution in [0.25, 0.3) is 0 Å². The molecule has 0 atom stereocenters. The molecule has 0 amide bonds. The van der Waals surface area contributed by atoms with Crippen molar-refractivity contribution in [3.63, 3.8) is 0 Å². The molecule has 0 unspecified atom stereocenters. The Balaban J connectivity index is 3.15. The molecule has 14 heavy (non-hydrogen) atoms. The molecule has 0 spiro atoms. The molecule has 0 aliphatic heterocycles. The van der Waals surface area contributed by atoms with Crippen LogP contribution in [-0.2, 0) is 0 Å². The summed E-state index contributed by atoms with van der Waals surface area (Å²) < 4.78 is 0. The zero-order chi connectivity index (χ0) is 10.9. The van der Waals surface area contributed by atoms with Crippen LogP contribution in [0.15, 0.2) is 23.5 Å². The third-order valence-electron chi connectivity index (χ3n) is 2.10. The summed E-state index contributed by atoms with van der Waals surface area (Å²) in [5.41, 5.74) is -2.09. The Labute approximate surface area is 78.6 Å². The van der Waals surface area contributed by atoms with Gasteiger partial charge in [-0.15, -0.1) is 0 Å². The number of aliphatic hydroxyl groups is 1. The minimum atomic E-state index is -2.32. The first-order valence-electron chi connectivity index (χ1n) is 3.77. The molecule has 0 aromatic carbocycles. The predicted octanol–water partition coefficient (Wildman–Crippen LogP) is 1.03. The van der Waals surface area contributed by atoms with Crippen LogP contribution in [0.1, 0.15) is 13.3 Å². The molecule has 0 fully saturated rings. The first kappa shape index (κ1) is 10.2. The molecule has 0 aromatic heterocycles. The summed E-state index contributed by atoms with van der Waals surface area (Å²) in [6.45, 7) is 1.42. The smallest absolute Gasteiger partial charge is 0.481 e. The second-order valence-corrected chi connectivity index (χ2v) is 3.07. The highest BCUT2D eigenvalue weighted by Crippen LogP contribution is 2.28. The van der Waals surface area contributed by atoms with E-state index in [1.807, 2.05) is 0 Å². The third-order valence-corrected chi connectivity index (χ3v) is 2.10. The number of nitrogens with zero attached hydrogens (tertiary/aromatic N) is 2. The van der Waals surface area contributed by atoms with Gasteiger partial charge in [-0.25, -0.2) is 0 Å². The number of hydrogen-bond acceptors (Lipinski definition) is 5. The molecule has 1 N–H and O–H groups in total. The van der Waals surface area contributed by atoms with E-state index in [2.05, 4.69) is 0 Å². The number of rotatable bonds is 2. The van der Waals surface area contributed by atoms with Gasteiger partial charge in [-0.3, -0.25) is 20.2 Å². The van der Waals surface area contributed by atoms with E-state index in [0.717, 1.165) is 12.2 Å². The zero-order valence-corrected chi connectivity index (χ0v) is 7.34. The SMILES string of the molecule is CC1=C(O)C=CC([N+](=O)[O-])([N+](=O)[O-])C1. The largest absolute Gasteiger partial charge is 0.508 e. The van der Waals surface area contributed by atoms with Crippen molar-refractivity contribution < 1.29 is 15.0 Å². The molecule has 1 rings (SSSR count). The lowest BCUT2D eigenvalue weighted by atomic mass is 9.95. The van der Waals surface area contributed by atoms with Crippen LogP contribution >= 0.6 is 0 Å². The molecule has 0 heterocycles. The zero-order valence-electron chi connectivity index (χ0n) is 7.34. The van der Waals surface area contributed by atoms with Crippen molar-refractivity contribution in [3.8, 4) is 0 Å². The summed E-state index contributed by atoms with van der Waals surface area (Å²) in [4.78, 5) is 19.2. The molecular formula is C7H8N2O5. The van der Waals surface area contributed by atoms with E-state index in [0.29, 0.717) is 0 Å². The Bertz CT molecular complexity index is 343. The normalized spacial score (nSPS) is 19.5. The van der Waals surface area contributed by atoms with Crippen molar-refractivity contribution in [3.05, 3.63) is 43.7 Å². The molecule has 1 aliphatic rings. The van der Waals surface area contributed by atoms with E-state index in [9.17, 15) is 20.2 Å². The fraction of sp³-hybridized carbons (Fsp3) is 0.429. The summed E-state index contributed by atoms with van der Waals surface area (Å²) >= 11 is 0. The second kappa shape index (κ2) is 3.09. The number of allylic oxidation sites excluding steroid dienone is 1. The van der Waals surface area contributed by atoms with Crippen LogP contribution in [-0.4, -0.2) is 20.6 Å². The molecule has 0 bridgehead atoms. The average Bonchev–Trinajstić information content (AvgIpc) is 2.09. The van der Waals surface area contributed by atoms with E-state index in [1.165, 1.54) is 6.92 Å². The summed E-state index contributed by atoms with van der Waals surface area (Å²) in [6.07, 6.45) is 1.38. The maximum Gasteiger partial charge on any atom is 0.481 e. The van der Waals surface area contributed by atoms with Gasteiger partial charge in [0.1, 0.15) is 22.0 Å². The molecule has 76 valence electrons. The van der Waals surface area contributed by atoms with Crippen LogP contribution in [0, 0.1) is 20.2 Å². The van der Waals surface area contributed by atoms with E-state index < -0.39 is 21.9 Å². The van der Waals surface area contributed by atoms with Crippen molar-refractivity contribution in [1.82, 2.24) is 0 Å². The lowest BCUT2D eigenvalue weighted by molar-refractivity contribution is -0.780. The van der Waals surface area contributed by atoms with E-state index >= 15 is 0 Å². The van der Waals surface area contributed by atoms with Crippen LogP contribution in [0.2, 0.25) is 0 Å². The van der Waals surface area contributed by atoms with Crippen molar-refractivity contribution >= 4 is 0 Å². The van der Waals surface area contributed by atoms with Gasteiger partial charge in [0.05, 0.1) is 6.08 Å². The predicted molar refractivity (Wildman–Crippen MR) is 45.8 cm³/mol. The molecule has 0 saturated heterocycles. The van der Waals surface area contributed by atoms with Crippen LogP contribution in [0.5, 0.6) is 0 Å². The first-order chi connectivity index (χ1) is 6.40. The second-order valence-electron chi connectivity index (χ2n) is 3.07. The minimum Gasteiger partial charge on any atom is -0.508 e. The molecule has 0 saturated carbocycles. The topological polar surface area (TPSA) is 107 Å². The summed E-state index contributed by atoms with van der Waals surface area (Å²) in [5, 5.41) is 30.3. The van der Waals surface area contributed by atoms with Gasteiger partial charge in [-0.2, -0.15) is 0 Å². The monoisotopic (exact) mass is 200 g/mol. The lowest BCUT2D eigenvalue weighted by Gasteiger charge is -2.17. The fourth-order valence-corrected chi connectivity index (χ4v) is 1.21. The molecule has 0 radical (unpaired) electrons. The molecular weight excluding hydrogens is 192 g/mol. The Kier molecular flexibility index (Phi) is 2.24. The van der Waals surface area contributed by atoms with Gasteiger partial charge in [0.25, 0.3) is 0 Å². The Morgan fingerprint density at radius 1 is 1.43 bits per heavy atom. The highest BCUT2D eigenvalue weighted by molar-refractivity contribution is 5.26. The maximum absolute atomic E-state index is 10.6. The minimum absolute atomic E-state index is 0.149. The standard InChI is InChI=1S/C7H8N2O5/c1-5-4-7(8(11)12,9(13)14)3-2-6(5)10/h2-3,10H,4H2,1H3. The Hall–Kier alpha value is -1.92. The average molecular weight is 200 g/mol. The van der Waals surface area contributed by atoms with Crippen LogP contribution in [0.4, 0.5) is 0 Å². The van der Waals surface area contributed by atoms with Gasteiger partial charge >= 0.3 is 5.66 Å². The number of nitro groups is 2.